The lowest BCUT2D eigenvalue weighted by molar-refractivity contribution is -0.131. The number of carbonyl (C=O) groups excluding carboxylic acids is 2. The molecule has 0 bridgehead atoms. The van der Waals surface area contributed by atoms with Crippen molar-refractivity contribution in [3.8, 4) is 0 Å². The van der Waals surface area contributed by atoms with Gasteiger partial charge in [0.2, 0.25) is 5.91 Å². The van der Waals surface area contributed by atoms with Crippen LogP contribution in [0.25, 0.3) is 0 Å². The van der Waals surface area contributed by atoms with Crippen LogP contribution in [0, 0.1) is 0 Å². The molecular formula is C19H22N4O2. The molecule has 2 amide bonds. The number of piperazine rings is 1. The standard InChI is InChI=1S/C19H22N4O2/c1-2-18(24)23-12-10-22(11-13-23)17-9-8-16(14-20-17)21-19(25)15-6-4-3-5-7-15/h3-9,14H,2,10-13H2,1H3,(H,21,25). The molecule has 0 unspecified atom stereocenters. The van der Waals surface area contributed by atoms with Crippen LogP contribution in [0.2, 0.25) is 0 Å². The van der Waals surface area contributed by atoms with E-state index in [0.717, 1.165) is 32.0 Å². The molecule has 1 aliphatic rings. The number of nitrogens with zero attached hydrogens (tertiary/aromatic N) is 3. The van der Waals surface area contributed by atoms with Crippen molar-refractivity contribution in [3.05, 3.63) is 54.2 Å². The summed E-state index contributed by atoms with van der Waals surface area (Å²) in [4.78, 5) is 32.4. The molecule has 0 saturated carbocycles. The highest BCUT2D eigenvalue weighted by molar-refractivity contribution is 6.04. The van der Waals surface area contributed by atoms with Crippen LogP contribution in [0.4, 0.5) is 11.5 Å². The van der Waals surface area contributed by atoms with Crippen molar-refractivity contribution >= 4 is 23.3 Å². The number of nitrogens with one attached hydrogen (secondary N) is 1. The van der Waals surface area contributed by atoms with Gasteiger partial charge in [0.05, 0.1) is 11.9 Å². The number of amides is 2. The molecule has 0 radical (unpaired) electrons. The smallest absolute Gasteiger partial charge is 0.255 e. The van der Waals surface area contributed by atoms with Gasteiger partial charge in [-0.05, 0) is 24.3 Å². The Kier molecular flexibility index (Phi) is 5.28. The summed E-state index contributed by atoms with van der Waals surface area (Å²) >= 11 is 0. The molecule has 0 atom stereocenters. The Hall–Kier alpha value is -2.89. The number of aromatic nitrogens is 1. The molecule has 130 valence electrons. The van der Waals surface area contributed by atoms with Crippen molar-refractivity contribution in [3.63, 3.8) is 0 Å². The second-order valence-corrected chi connectivity index (χ2v) is 5.95. The molecule has 1 saturated heterocycles. The summed E-state index contributed by atoms with van der Waals surface area (Å²) in [5.41, 5.74) is 1.28. The molecule has 1 aromatic heterocycles. The van der Waals surface area contributed by atoms with Crippen molar-refractivity contribution in [2.45, 2.75) is 13.3 Å². The van der Waals surface area contributed by atoms with Crippen molar-refractivity contribution in [2.75, 3.05) is 36.4 Å². The summed E-state index contributed by atoms with van der Waals surface area (Å²) in [6, 6.07) is 12.8. The lowest BCUT2D eigenvalue weighted by Gasteiger charge is -2.35. The number of benzene rings is 1. The third kappa shape index (κ3) is 4.15. The number of hydrogen-bond donors (Lipinski definition) is 1. The minimum absolute atomic E-state index is 0.151. The van der Waals surface area contributed by atoms with E-state index in [9.17, 15) is 9.59 Å². The van der Waals surface area contributed by atoms with E-state index in [1.54, 1.807) is 18.3 Å². The van der Waals surface area contributed by atoms with Gasteiger partial charge in [-0.15, -0.1) is 0 Å². The van der Waals surface area contributed by atoms with Gasteiger partial charge in [0.1, 0.15) is 5.82 Å². The molecule has 3 rings (SSSR count). The number of pyridine rings is 1. The van der Waals surface area contributed by atoms with E-state index in [1.165, 1.54) is 0 Å². The second kappa shape index (κ2) is 7.79. The third-order valence-electron chi connectivity index (χ3n) is 4.30. The van der Waals surface area contributed by atoms with Gasteiger partial charge in [0, 0.05) is 38.2 Å². The topological polar surface area (TPSA) is 65.5 Å². The van der Waals surface area contributed by atoms with Crippen molar-refractivity contribution in [1.82, 2.24) is 9.88 Å². The van der Waals surface area contributed by atoms with E-state index in [0.29, 0.717) is 17.7 Å². The fourth-order valence-corrected chi connectivity index (χ4v) is 2.85. The molecule has 1 fully saturated rings. The first-order valence-electron chi connectivity index (χ1n) is 8.52. The molecule has 0 aliphatic carbocycles. The molecule has 25 heavy (non-hydrogen) atoms. The Labute approximate surface area is 147 Å². The van der Waals surface area contributed by atoms with Crippen LogP contribution >= 0.6 is 0 Å². The van der Waals surface area contributed by atoms with E-state index in [4.69, 9.17) is 0 Å². The van der Waals surface area contributed by atoms with E-state index in [1.807, 2.05) is 42.2 Å². The lowest BCUT2D eigenvalue weighted by atomic mass is 10.2. The average Bonchev–Trinajstić information content (AvgIpc) is 2.69. The fourth-order valence-electron chi connectivity index (χ4n) is 2.85. The summed E-state index contributed by atoms with van der Waals surface area (Å²) in [5, 5.41) is 2.85. The van der Waals surface area contributed by atoms with E-state index in [2.05, 4.69) is 15.2 Å². The number of anilines is 2. The Morgan fingerprint density at radius 3 is 2.36 bits per heavy atom. The van der Waals surface area contributed by atoms with Gasteiger partial charge >= 0.3 is 0 Å². The van der Waals surface area contributed by atoms with Crippen LogP contribution in [-0.4, -0.2) is 47.9 Å². The highest BCUT2D eigenvalue weighted by atomic mass is 16.2. The van der Waals surface area contributed by atoms with Crippen molar-refractivity contribution < 1.29 is 9.59 Å². The summed E-state index contributed by atoms with van der Waals surface area (Å²) in [7, 11) is 0. The zero-order valence-electron chi connectivity index (χ0n) is 14.3. The minimum atomic E-state index is -0.151. The van der Waals surface area contributed by atoms with Gasteiger partial charge in [0.15, 0.2) is 0 Å². The van der Waals surface area contributed by atoms with Crippen LogP contribution in [0.15, 0.2) is 48.7 Å². The fraction of sp³-hybridized carbons (Fsp3) is 0.316. The number of carbonyl (C=O) groups is 2. The maximum atomic E-state index is 12.1. The van der Waals surface area contributed by atoms with Gasteiger partial charge in [-0.3, -0.25) is 9.59 Å². The average molecular weight is 338 g/mol. The van der Waals surface area contributed by atoms with E-state index in [-0.39, 0.29) is 11.8 Å². The van der Waals surface area contributed by atoms with Crippen LogP contribution in [0.1, 0.15) is 23.7 Å². The van der Waals surface area contributed by atoms with Gasteiger partial charge in [-0.1, -0.05) is 25.1 Å². The normalized spacial score (nSPS) is 14.3. The van der Waals surface area contributed by atoms with Crippen molar-refractivity contribution in [2.24, 2.45) is 0 Å². The molecule has 1 N–H and O–H groups in total. The zero-order valence-corrected chi connectivity index (χ0v) is 14.3. The first kappa shape index (κ1) is 17.0. The monoisotopic (exact) mass is 338 g/mol. The highest BCUT2D eigenvalue weighted by Gasteiger charge is 2.20. The van der Waals surface area contributed by atoms with Crippen molar-refractivity contribution in [1.29, 1.82) is 0 Å². The summed E-state index contributed by atoms with van der Waals surface area (Å²) in [6.45, 7) is 4.88. The molecule has 1 aromatic carbocycles. The molecule has 0 spiro atoms. The van der Waals surface area contributed by atoms with Crippen LogP contribution < -0.4 is 10.2 Å². The molecule has 6 nitrogen and oxygen atoms in total. The predicted molar refractivity (Wildman–Crippen MR) is 97.7 cm³/mol. The Morgan fingerprint density at radius 2 is 1.76 bits per heavy atom. The molecular weight excluding hydrogens is 316 g/mol. The lowest BCUT2D eigenvalue weighted by Crippen LogP contribution is -2.48. The number of rotatable bonds is 4. The first-order chi connectivity index (χ1) is 12.2. The minimum Gasteiger partial charge on any atom is -0.353 e. The van der Waals surface area contributed by atoms with Crippen LogP contribution in [0.5, 0.6) is 0 Å². The van der Waals surface area contributed by atoms with Gasteiger partial charge in [-0.25, -0.2) is 4.98 Å². The highest BCUT2D eigenvalue weighted by Crippen LogP contribution is 2.17. The predicted octanol–water partition coefficient (Wildman–Crippen LogP) is 2.39. The first-order valence-corrected chi connectivity index (χ1v) is 8.52. The van der Waals surface area contributed by atoms with E-state index < -0.39 is 0 Å². The SMILES string of the molecule is CCC(=O)N1CCN(c2ccc(NC(=O)c3ccccc3)cn2)CC1. The summed E-state index contributed by atoms with van der Waals surface area (Å²) < 4.78 is 0. The van der Waals surface area contributed by atoms with Gasteiger partial charge in [0.25, 0.3) is 5.91 Å². The summed E-state index contributed by atoms with van der Waals surface area (Å²) in [6.07, 6.45) is 2.22. The van der Waals surface area contributed by atoms with Crippen LogP contribution in [0.3, 0.4) is 0 Å². The second-order valence-electron chi connectivity index (χ2n) is 5.95. The zero-order chi connectivity index (χ0) is 17.6. The quantitative estimate of drug-likeness (QED) is 0.930. The molecule has 6 heteroatoms. The third-order valence-corrected chi connectivity index (χ3v) is 4.30. The maximum Gasteiger partial charge on any atom is 0.255 e. The molecule has 2 aromatic rings. The Morgan fingerprint density at radius 1 is 1.04 bits per heavy atom. The van der Waals surface area contributed by atoms with Crippen LogP contribution in [-0.2, 0) is 4.79 Å². The molecule has 1 aliphatic heterocycles. The van der Waals surface area contributed by atoms with Gasteiger partial charge < -0.3 is 15.1 Å². The van der Waals surface area contributed by atoms with E-state index >= 15 is 0 Å². The van der Waals surface area contributed by atoms with Gasteiger partial charge in [-0.2, -0.15) is 0 Å². The number of hydrogen-bond acceptors (Lipinski definition) is 4. The Balaban J connectivity index is 1.58. The summed E-state index contributed by atoms with van der Waals surface area (Å²) in [5.74, 6) is 0.912. The largest absolute Gasteiger partial charge is 0.353 e. The Bertz CT molecular complexity index is 723. The molecule has 2 heterocycles. The maximum absolute atomic E-state index is 12.1.